The van der Waals surface area contributed by atoms with Gasteiger partial charge in [-0.1, -0.05) is 0 Å². The third kappa shape index (κ3) is 4.13. The molecule has 27 heavy (non-hydrogen) atoms. The van der Waals surface area contributed by atoms with Gasteiger partial charge in [-0.3, -0.25) is 9.59 Å². The Kier molecular flexibility index (Phi) is 5.50. The molecule has 1 aromatic carbocycles. The van der Waals surface area contributed by atoms with E-state index >= 15 is 0 Å². The van der Waals surface area contributed by atoms with Crippen LogP contribution in [0.3, 0.4) is 0 Å². The first-order valence-corrected chi connectivity index (χ1v) is 9.05. The largest absolute Gasteiger partial charge is 0.452 e. The van der Waals surface area contributed by atoms with E-state index in [4.69, 9.17) is 10.5 Å². The average molecular weight is 394 g/mol. The number of nitrogens with two attached hydrogens (primary N) is 1. The SMILES string of the molecule is NC(=O)c1c(NC(=O)COC(=O)c2ccc(F)cc2F)sc2c1CCCC2. The van der Waals surface area contributed by atoms with Crippen LogP contribution in [0.1, 0.15) is 44.0 Å². The fraction of sp³-hybridized carbons (Fsp3) is 0.278. The Morgan fingerprint density at radius 1 is 1.19 bits per heavy atom. The number of halogens is 2. The number of anilines is 1. The summed E-state index contributed by atoms with van der Waals surface area (Å²) in [7, 11) is 0. The van der Waals surface area contributed by atoms with E-state index in [1.54, 1.807) is 0 Å². The van der Waals surface area contributed by atoms with E-state index in [2.05, 4.69) is 5.32 Å². The molecule has 6 nitrogen and oxygen atoms in total. The first-order chi connectivity index (χ1) is 12.9. The fourth-order valence-corrected chi connectivity index (χ4v) is 4.25. The van der Waals surface area contributed by atoms with Crippen LogP contribution in [0.15, 0.2) is 18.2 Å². The minimum Gasteiger partial charge on any atom is -0.452 e. The Hall–Kier alpha value is -2.81. The zero-order chi connectivity index (χ0) is 19.6. The molecule has 1 aliphatic rings. The number of thiophene rings is 1. The van der Waals surface area contributed by atoms with Gasteiger partial charge in [0.05, 0.1) is 11.1 Å². The molecule has 0 saturated heterocycles. The number of nitrogens with one attached hydrogen (secondary N) is 1. The summed E-state index contributed by atoms with van der Waals surface area (Å²) in [5, 5.41) is 2.85. The van der Waals surface area contributed by atoms with Crippen molar-refractivity contribution in [3.05, 3.63) is 51.4 Å². The van der Waals surface area contributed by atoms with Crippen LogP contribution in [-0.2, 0) is 22.4 Å². The van der Waals surface area contributed by atoms with Crippen LogP contribution in [0.2, 0.25) is 0 Å². The molecule has 1 aromatic heterocycles. The highest BCUT2D eigenvalue weighted by molar-refractivity contribution is 7.17. The quantitative estimate of drug-likeness (QED) is 0.762. The van der Waals surface area contributed by atoms with Gasteiger partial charge in [-0.25, -0.2) is 13.6 Å². The number of aryl methyl sites for hydroxylation is 1. The summed E-state index contributed by atoms with van der Waals surface area (Å²) in [6.45, 7) is -0.684. The van der Waals surface area contributed by atoms with Crippen LogP contribution in [-0.4, -0.2) is 24.4 Å². The molecule has 1 heterocycles. The Morgan fingerprint density at radius 3 is 2.63 bits per heavy atom. The maximum absolute atomic E-state index is 13.6. The van der Waals surface area contributed by atoms with Crippen LogP contribution >= 0.6 is 11.3 Å². The molecule has 0 spiro atoms. The third-order valence-corrected chi connectivity index (χ3v) is 5.36. The van der Waals surface area contributed by atoms with Gasteiger partial charge in [-0.15, -0.1) is 11.3 Å². The van der Waals surface area contributed by atoms with E-state index in [1.165, 1.54) is 11.3 Å². The molecule has 142 valence electrons. The van der Waals surface area contributed by atoms with E-state index in [-0.39, 0.29) is 0 Å². The van der Waals surface area contributed by atoms with E-state index in [0.29, 0.717) is 16.6 Å². The molecule has 0 aliphatic heterocycles. The van der Waals surface area contributed by atoms with E-state index in [1.807, 2.05) is 0 Å². The van der Waals surface area contributed by atoms with Gasteiger partial charge < -0.3 is 15.8 Å². The molecular weight excluding hydrogens is 378 g/mol. The highest BCUT2D eigenvalue weighted by Crippen LogP contribution is 2.37. The molecule has 0 radical (unpaired) electrons. The van der Waals surface area contributed by atoms with E-state index < -0.39 is 41.6 Å². The second kappa shape index (κ2) is 7.83. The van der Waals surface area contributed by atoms with Crippen LogP contribution in [0.25, 0.3) is 0 Å². The molecule has 2 aromatic rings. The first-order valence-electron chi connectivity index (χ1n) is 8.23. The molecule has 0 bridgehead atoms. The molecule has 2 amide bonds. The lowest BCUT2D eigenvalue weighted by Gasteiger charge is -2.11. The molecule has 1 aliphatic carbocycles. The minimum atomic E-state index is -1.09. The van der Waals surface area contributed by atoms with E-state index in [0.717, 1.165) is 48.3 Å². The predicted octanol–water partition coefficient (Wildman–Crippen LogP) is 2.80. The topological polar surface area (TPSA) is 98.5 Å². The maximum atomic E-state index is 13.6. The van der Waals surface area contributed by atoms with Crippen molar-refractivity contribution < 1.29 is 27.9 Å². The number of carbonyl (C=O) groups is 3. The van der Waals surface area contributed by atoms with Crippen LogP contribution in [0, 0.1) is 11.6 Å². The minimum absolute atomic E-state index is 0.291. The lowest BCUT2D eigenvalue weighted by Crippen LogP contribution is -2.23. The Bertz CT molecular complexity index is 926. The first kappa shape index (κ1) is 19.0. The van der Waals surface area contributed by atoms with Gasteiger partial charge in [-0.2, -0.15) is 0 Å². The van der Waals surface area contributed by atoms with Crippen molar-refractivity contribution in [2.45, 2.75) is 25.7 Å². The second-order valence-corrected chi connectivity index (χ2v) is 7.13. The number of primary amides is 1. The van der Waals surface area contributed by atoms with Crippen LogP contribution in [0.4, 0.5) is 13.8 Å². The van der Waals surface area contributed by atoms with E-state index in [9.17, 15) is 23.2 Å². The third-order valence-electron chi connectivity index (χ3n) is 4.16. The van der Waals surface area contributed by atoms with Gasteiger partial charge in [0.2, 0.25) is 0 Å². The van der Waals surface area contributed by atoms with Crippen LogP contribution < -0.4 is 11.1 Å². The molecule has 0 fully saturated rings. The number of hydrogen-bond donors (Lipinski definition) is 2. The van der Waals surface area contributed by atoms with Crippen molar-refractivity contribution in [3.8, 4) is 0 Å². The second-order valence-electron chi connectivity index (χ2n) is 6.03. The standard InChI is InChI=1S/C18H16F2N2O4S/c19-9-5-6-10(12(20)7-9)18(25)26-8-14(23)22-17-15(16(21)24)11-3-1-2-4-13(11)27-17/h5-7H,1-4,8H2,(H2,21,24)(H,22,23). The Morgan fingerprint density at radius 2 is 1.93 bits per heavy atom. The normalized spacial score (nSPS) is 13.0. The maximum Gasteiger partial charge on any atom is 0.341 e. The van der Waals surface area contributed by atoms with Crippen molar-refractivity contribution in [2.75, 3.05) is 11.9 Å². The number of esters is 1. The van der Waals surface area contributed by atoms with Crippen molar-refractivity contribution in [1.82, 2.24) is 0 Å². The summed E-state index contributed by atoms with van der Waals surface area (Å²) in [4.78, 5) is 36.7. The fourth-order valence-electron chi connectivity index (χ4n) is 2.94. The summed E-state index contributed by atoms with van der Waals surface area (Å²) in [6, 6.07) is 2.39. The van der Waals surface area contributed by atoms with Crippen molar-refractivity contribution >= 4 is 34.1 Å². The zero-order valence-electron chi connectivity index (χ0n) is 14.1. The van der Waals surface area contributed by atoms with Gasteiger partial charge in [-0.05, 0) is 43.4 Å². The number of fused-ring (bicyclic) bond motifs is 1. The molecule has 9 heteroatoms. The molecule has 0 unspecified atom stereocenters. The highest BCUT2D eigenvalue weighted by Gasteiger charge is 2.25. The van der Waals surface area contributed by atoms with Gasteiger partial charge in [0, 0.05) is 10.9 Å². The molecule has 3 rings (SSSR count). The lowest BCUT2D eigenvalue weighted by atomic mass is 9.95. The number of rotatable bonds is 5. The predicted molar refractivity (Wildman–Crippen MR) is 94.7 cm³/mol. The number of hydrogen-bond acceptors (Lipinski definition) is 5. The van der Waals surface area contributed by atoms with Gasteiger partial charge in [0.25, 0.3) is 11.8 Å². The molecular formula is C18H16F2N2O4S. The van der Waals surface area contributed by atoms with Crippen molar-refractivity contribution in [3.63, 3.8) is 0 Å². The summed E-state index contributed by atoms with van der Waals surface area (Å²) < 4.78 is 31.2. The van der Waals surface area contributed by atoms with Crippen molar-refractivity contribution in [1.29, 1.82) is 0 Å². The molecule has 0 saturated carbocycles. The highest BCUT2D eigenvalue weighted by atomic mass is 32.1. The molecule has 3 N–H and O–H groups in total. The number of benzene rings is 1. The number of carbonyl (C=O) groups excluding carboxylic acids is 3. The van der Waals surface area contributed by atoms with Gasteiger partial charge in [0.1, 0.15) is 16.6 Å². The Labute approximate surface area is 157 Å². The summed E-state index contributed by atoms with van der Waals surface area (Å²) >= 11 is 1.28. The van der Waals surface area contributed by atoms with Crippen LogP contribution in [0.5, 0.6) is 0 Å². The number of amides is 2. The van der Waals surface area contributed by atoms with Gasteiger partial charge >= 0.3 is 5.97 Å². The smallest absolute Gasteiger partial charge is 0.341 e. The monoisotopic (exact) mass is 394 g/mol. The summed E-state index contributed by atoms with van der Waals surface area (Å²) in [6.07, 6.45) is 3.48. The number of ether oxygens (including phenoxy) is 1. The van der Waals surface area contributed by atoms with Crippen molar-refractivity contribution in [2.24, 2.45) is 5.73 Å². The summed E-state index contributed by atoms with van der Waals surface area (Å²) in [5.74, 6) is -4.32. The zero-order valence-corrected chi connectivity index (χ0v) is 15.0. The summed E-state index contributed by atoms with van der Waals surface area (Å²) in [5.41, 5.74) is 6.12. The average Bonchev–Trinajstić information content (AvgIpc) is 2.97. The molecule has 0 atom stereocenters. The lowest BCUT2D eigenvalue weighted by molar-refractivity contribution is -0.119. The van der Waals surface area contributed by atoms with Gasteiger partial charge in [0.15, 0.2) is 6.61 Å². The Balaban J connectivity index is 1.67.